The molecular weight excluding hydrogens is 389 g/mol. The Bertz CT molecular complexity index is 1230. The van der Waals surface area contributed by atoms with E-state index >= 15 is 0 Å². The molecule has 0 aliphatic carbocycles. The van der Waals surface area contributed by atoms with Crippen LogP contribution < -0.4 is 0 Å². The molecule has 0 saturated carbocycles. The lowest BCUT2D eigenvalue weighted by atomic mass is 10.1. The number of amides is 1. The maximum absolute atomic E-state index is 13.2. The van der Waals surface area contributed by atoms with E-state index in [9.17, 15) is 9.18 Å². The Balaban J connectivity index is 1.44. The number of fused-ring (bicyclic) bond motifs is 1. The van der Waals surface area contributed by atoms with Gasteiger partial charge in [-0.15, -0.1) is 0 Å². The minimum absolute atomic E-state index is 0.0331. The van der Waals surface area contributed by atoms with Crippen molar-refractivity contribution in [2.75, 3.05) is 6.54 Å². The van der Waals surface area contributed by atoms with E-state index in [4.69, 9.17) is 4.98 Å². The normalized spacial score (nSPS) is 16.4. The van der Waals surface area contributed by atoms with Crippen molar-refractivity contribution in [3.05, 3.63) is 101 Å². The average Bonchev–Trinajstić information content (AvgIpc) is 3.32. The SMILES string of the molecule is Cc1ccc(Cn2c(C3CC(=O)N(Cc4ccc(F)cc4)C3)nc3ccccc32)cc1. The Hall–Kier alpha value is -3.47. The van der Waals surface area contributed by atoms with Gasteiger partial charge in [0.2, 0.25) is 5.91 Å². The number of aromatic nitrogens is 2. The number of hydrogen-bond acceptors (Lipinski definition) is 2. The van der Waals surface area contributed by atoms with Gasteiger partial charge in [-0.2, -0.15) is 0 Å². The fourth-order valence-electron chi connectivity index (χ4n) is 4.36. The van der Waals surface area contributed by atoms with Crippen LogP contribution in [0.15, 0.2) is 72.8 Å². The number of carbonyl (C=O) groups is 1. The highest BCUT2D eigenvalue weighted by Crippen LogP contribution is 2.31. The Morgan fingerprint density at radius 3 is 2.39 bits per heavy atom. The summed E-state index contributed by atoms with van der Waals surface area (Å²) in [5.74, 6) is 0.838. The first-order chi connectivity index (χ1) is 15.1. The molecule has 1 aliphatic heterocycles. The van der Waals surface area contributed by atoms with Crippen LogP contribution in [0.1, 0.15) is 34.9 Å². The standard InChI is InChI=1S/C26H24FN3O/c1-18-6-8-20(9-7-18)16-30-24-5-3-2-4-23(24)28-26(30)21-14-25(31)29(17-21)15-19-10-12-22(27)13-11-19/h2-13,21H,14-17H2,1H3. The lowest BCUT2D eigenvalue weighted by Gasteiger charge is -2.17. The highest BCUT2D eigenvalue weighted by molar-refractivity contribution is 5.81. The van der Waals surface area contributed by atoms with Gasteiger partial charge in [0.15, 0.2) is 0 Å². The maximum atomic E-state index is 13.2. The predicted octanol–water partition coefficient (Wildman–Crippen LogP) is 5.05. The average molecular weight is 413 g/mol. The molecule has 5 rings (SSSR count). The highest BCUT2D eigenvalue weighted by atomic mass is 19.1. The third kappa shape index (κ3) is 3.96. The zero-order valence-electron chi connectivity index (χ0n) is 17.5. The smallest absolute Gasteiger partial charge is 0.223 e. The van der Waals surface area contributed by atoms with Crippen molar-refractivity contribution < 1.29 is 9.18 Å². The molecule has 1 atom stereocenters. The molecule has 31 heavy (non-hydrogen) atoms. The van der Waals surface area contributed by atoms with Gasteiger partial charge >= 0.3 is 0 Å². The number of imidazole rings is 1. The van der Waals surface area contributed by atoms with Crippen molar-refractivity contribution in [3.8, 4) is 0 Å². The largest absolute Gasteiger partial charge is 0.338 e. The van der Waals surface area contributed by atoms with E-state index in [1.807, 2.05) is 23.1 Å². The van der Waals surface area contributed by atoms with E-state index in [1.54, 1.807) is 12.1 Å². The number of carbonyl (C=O) groups excluding carboxylic acids is 1. The van der Waals surface area contributed by atoms with Crippen molar-refractivity contribution >= 4 is 16.9 Å². The molecule has 4 aromatic rings. The van der Waals surface area contributed by atoms with Crippen LogP contribution in [0.3, 0.4) is 0 Å². The molecule has 0 N–H and O–H groups in total. The zero-order valence-corrected chi connectivity index (χ0v) is 17.5. The summed E-state index contributed by atoms with van der Waals surface area (Å²) in [6.07, 6.45) is 0.443. The van der Waals surface area contributed by atoms with Gasteiger partial charge in [-0.05, 0) is 42.3 Å². The van der Waals surface area contributed by atoms with E-state index in [2.05, 4.69) is 41.8 Å². The summed E-state index contributed by atoms with van der Waals surface area (Å²) in [6.45, 7) is 3.92. The van der Waals surface area contributed by atoms with Gasteiger partial charge in [-0.1, -0.05) is 54.1 Å². The molecule has 1 unspecified atom stereocenters. The van der Waals surface area contributed by atoms with E-state index in [1.165, 1.54) is 23.3 Å². The van der Waals surface area contributed by atoms with E-state index in [0.717, 1.165) is 29.0 Å². The number of aryl methyl sites for hydroxylation is 1. The van der Waals surface area contributed by atoms with Crippen LogP contribution in [-0.4, -0.2) is 26.9 Å². The number of rotatable bonds is 5. The Labute approximate surface area is 181 Å². The fraction of sp³-hybridized carbons (Fsp3) is 0.231. The van der Waals surface area contributed by atoms with Crippen LogP contribution in [0.25, 0.3) is 11.0 Å². The summed E-state index contributed by atoms with van der Waals surface area (Å²) in [5.41, 5.74) is 5.42. The molecule has 4 nitrogen and oxygen atoms in total. The van der Waals surface area contributed by atoms with Crippen LogP contribution in [-0.2, 0) is 17.9 Å². The van der Waals surface area contributed by atoms with Gasteiger partial charge in [0.1, 0.15) is 11.6 Å². The summed E-state index contributed by atoms with van der Waals surface area (Å²) < 4.78 is 15.5. The van der Waals surface area contributed by atoms with Gasteiger partial charge in [0.05, 0.1) is 11.0 Å². The van der Waals surface area contributed by atoms with E-state index in [-0.39, 0.29) is 17.6 Å². The van der Waals surface area contributed by atoms with Gasteiger partial charge in [-0.25, -0.2) is 9.37 Å². The van der Waals surface area contributed by atoms with Crippen molar-refractivity contribution in [1.29, 1.82) is 0 Å². The molecule has 0 spiro atoms. The second-order valence-corrected chi connectivity index (χ2v) is 8.33. The van der Waals surface area contributed by atoms with Crippen LogP contribution >= 0.6 is 0 Å². The first-order valence-corrected chi connectivity index (χ1v) is 10.6. The number of benzene rings is 3. The molecule has 1 saturated heterocycles. The Morgan fingerprint density at radius 1 is 0.935 bits per heavy atom. The number of para-hydroxylation sites is 2. The molecular formula is C26H24FN3O. The predicted molar refractivity (Wildman–Crippen MR) is 119 cm³/mol. The van der Waals surface area contributed by atoms with Crippen molar-refractivity contribution in [2.45, 2.75) is 32.4 Å². The Kier molecular flexibility index (Phi) is 5.02. The number of halogens is 1. The van der Waals surface area contributed by atoms with Crippen molar-refractivity contribution in [1.82, 2.24) is 14.5 Å². The second-order valence-electron chi connectivity index (χ2n) is 8.33. The lowest BCUT2D eigenvalue weighted by molar-refractivity contribution is -0.128. The lowest BCUT2D eigenvalue weighted by Crippen LogP contribution is -2.24. The highest BCUT2D eigenvalue weighted by Gasteiger charge is 2.34. The van der Waals surface area contributed by atoms with E-state index in [0.29, 0.717) is 19.5 Å². The van der Waals surface area contributed by atoms with Crippen LogP contribution in [0.4, 0.5) is 4.39 Å². The molecule has 3 aromatic carbocycles. The molecule has 0 bridgehead atoms. The topological polar surface area (TPSA) is 38.1 Å². The molecule has 5 heteroatoms. The summed E-state index contributed by atoms with van der Waals surface area (Å²) in [5, 5.41) is 0. The molecule has 2 heterocycles. The minimum atomic E-state index is -0.265. The first-order valence-electron chi connectivity index (χ1n) is 10.6. The Morgan fingerprint density at radius 2 is 1.61 bits per heavy atom. The number of hydrogen-bond donors (Lipinski definition) is 0. The molecule has 156 valence electrons. The van der Waals surface area contributed by atoms with Crippen LogP contribution in [0.5, 0.6) is 0 Å². The second kappa shape index (κ2) is 7.99. The molecule has 1 amide bonds. The van der Waals surface area contributed by atoms with E-state index < -0.39 is 0 Å². The molecule has 0 radical (unpaired) electrons. The summed E-state index contributed by atoms with van der Waals surface area (Å²) in [6, 6.07) is 23.0. The van der Waals surface area contributed by atoms with Crippen molar-refractivity contribution in [3.63, 3.8) is 0 Å². The van der Waals surface area contributed by atoms with Gasteiger partial charge in [0, 0.05) is 32.0 Å². The monoisotopic (exact) mass is 413 g/mol. The third-order valence-corrected chi connectivity index (χ3v) is 6.01. The number of likely N-dealkylation sites (tertiary alicyclic amines) is 1. The first kappa shape index (κ1) is 19.5. The quantitative estimate of drug-likeness (QED) is 0.459. The maximum Gasteiger partial charge on any atom is 0.223 e. The summed E-state index contributed by atoms with van der Waals surface area (Å²) in [7, 11) is 0. The zero-order chi connectivity index (χ0) is 21.4. The van der Waals surface area contributed by atoms with Gasteiger partial charge < -0.3 is 9.47 Å². The number of nitrogens with zero attached hydrogens (tertiary/aromatic N) is 3. The fourth-order valence-corrected chi connectivity index (χ4v) is 4.36. The van der Waals surface area contributed by atoms with Crippen LogP contribution in [0, 0.1) is 12.7 Å². The molecule has 1 aliphatic rings. The molecule has 1 fully saturated rings. The van der Waals surface area contributed by atoms with Crippen molar-refractivity contribution in [2.24, 2.45) is 0 Å². The minimum Gasteiger partial charge on any atom is -0.338 e. The molecule has 1 aromatic heterocycles. The third-order valence-electron chi connectivity index (χ3n) is 6.01. The summed E-state index contributed by atoms with van der Waals surface area (Å²) >= 11 is 0. The van der Waals surface area contributed by atoms with Crippen LogP contribution in [0.2, 0.25) is 0 Å². The van der Waals surface area contributed by atoms with Gasteiger partial charge in [0.25, 0.3) is 0 Å². The van der Waals surface area contributed by atoms with Gasteiger partial charge in [-0.3, -0.25) is 4.79 Å². The summed E-state index contributed by atoms with van der Waals surface area (Å²) in [4.78, 5) is 19.6.